The van der Waals surface area contributed by atoms with Crippen LogP contribution in [0, 0.1) is 0 Å². The van der Waals surface area contributed by atoms with Crippen LogP contribution < -0.4 is 0 Å². The van der Waals surface area contributed by atoms with E-state index in [0.29, 0.717) is 0 Å². The Labute approximate surface area is 112 Å². The maximum Gasteiger partial charge on any atom is 0.235 e. The maximum atomic E-state index is 11.9. The third kappa shape index (κ3) is 2.85. The van der Waals surface area contributed by atoms with E-state index in [4.69, 9.17) is 0 Å². The van der Waals surface area contributed by atoms with Gasteiger partial charge in [-0.2, -0.15) is 0 Å². The van der Waals surface area contributed by atoms with Crippen LogP contribution in [0.1, 0.15) is 32.0 Å². The van der Waals surface area contributed by atoms with Crippen LogP contribution in [0.5, 0.6) is 0 Å². The first kappa shape index (κ1) is 13.4. The molecule has 0 saturated carbocycles. The highest BCUT2D eigenvalue weighted by Crippen LogP contribution is 2.25. The van der Waals surface area contributed by atoms with Crippen molar-refractivity contribution in [1.29, 1.82) is 0 Å². The highest BCUT2D eigenvalue weighted by atomic mass is 32.2. The Kier molecular flexibility index (Phi) is 4.27. The number of aryl methyl sites for hydroxylation is 1. The van der Waals surface area contributed by atoms with E-state index in [1.165, 1.54) is 31.0 Å². The number of fused-ring (bicyclic) bond motifs is 1. The van der Waals surface area contributed by atoms with Crippen LogP contribution in [0.2, 0.25) is 0 Å². The van der Waals surface area contributed by atoms with Gasteiger partial charge >= 0.3 is 0 Å². The van der Waals surface area contributed by atoms with Gasteiger partial charge in [0.2, 0.25) is 5.91 Å². The minimum absolute atomic E-state index is 0.114. The monoisotopic (exact) mass is 268 g/mol. The molecule has 1 aromatic heterocycles. The molecule has 2 heterocycles. The molecule has 1 atom stereocenters. The molecule has 5 nitrogen and oxygen atoms in total. The predicted molar refractivity (Wildman–Crippen MR) is 71.6 cm³/mol. The molecule has 0 fully saturated rings. The fraction of sp³-hybridized carbons (Fsp3) is 0.750. The van der Waals surface area contributed by atoms with Crippen molar-refractivity contribution in [2.45, 2.75) is 49.6 Å². The van der Waals surface area contributed by atoms with Crippen LogP contribution in [-0.4, -0.2) is 44.9 Å². The lowest BCUT2D eigenvalue weighted by molar-refractivity contribution is -0.127. The van der Waals surface area contributed by atoms with Gasteiger partial charge in [-0.1, -0.05) is 18.2 Å². The average molecular weight is 268 g/mol. The molecule has 1 amide bonds. The fourth-order valence-corrected chi connectivity index (χ4v) is 3.16. The van der Waals surface area contributed by atoms with Crippen molar-refractivity contribution < 1.29 is 4.79 Å². The second-order valence-electron chi connectivity index (χ2n) is 4.85. The molecule has 100 valence electrons. The Hall–Kier alpha value is -1.04. The lowest BCUT2D eigenvalue weighted by Gasteiger charge is -2.16. The number of carbonyl (C=O) groups is 1. The van der Waals surface area contributed by atoms with Crippen molar-refractivity contribution >= 4 is 17.7 Å². The topological polar surface area (TPSA) is 51.0 Å². The summed E-state index contributed by atoms with van der Waals surface area (Å²) in [7, 11) is 3.56. The molecule has 0 aromatic carbocycles. The minimum Gasteiger partial charge on any atom is -0.348 e. The summed E-state index contributed by atoms with van der Waals surface area (Å²) in [5, 5.41) is 9.24. The first-order valence-corrected chi connectivity index (χ1v) is 7.27. The SMILES string of the molecule is CC(Sc1nnc2n1CCCCC2)C(=O)N(C)C. The predicted octanol–water partition coefficient (Wildman–Crippen LogP) is 1.57. The van der Waals surface area contributed by atoms with Gasteiger partial charge in [-0.3, -0.25) is 4.79 Å². The number of rotatable bonds is 3. The van der Waals surface area contributed by atoms with Crippen LogP contribution in [0.3, 0.4) is 0 Å². The summed E-state index contributed by atoms with van der Waals surface area (Å²) in [4.78, 5) is 13.5. The second-order valence-corrected chi connectivity index (χ2v) is 6.16. The van der Waals surface area contributed by atoms with E-state index in [1.54, 1.807) is 19.0 Å². The molecular formula is C12H20N4OS. The Morgan fingerprint density at radius 2 is 2.11 bits per heavy atom. The molecule has 1 unspecified atom stereocenters. The largest absolute Gasteiger partial charge is 0.348 e. The van der Waals surface area contributed by atoms with Crippen LogP contribution in [0.4, 0.5) is 0 Å². The first-order chi connectivity index (χ1) is 8.59. The quantitative estimate of drug-likeness (QED) is 0.781. The number of aromatic nitrogens is 3. The summed E-state index contributed by atoms with van der Waals surface area (Å²) in [6.07, 6.45) is 4.62. The van der Waals surface area contributed by atoms with Gasteiger partial charge in [0, 0.05) is 27.1 Å². The summed E-state index contributed by atoms with van der Waals surface area (Å²) in [5.41, 5.74) is 0. The van der Waals surface area contributed by atoms with Gasteiger partial charge in [0.25, 0.3) is 0 Å². The van der Waals surface area contributed by atoms with E-state index in [-0.39, 0.29) is 11.2 Å². The average Bonchev–Trinajstić information content (AvgIpc) is 2.58. The normalized spacial score (nSPS) is 16.8. The van der Waals surface area contributed by atoms with Gasteiger partial charge in [-0.25, -0.2) is 0 Å². The number of amides is 1. The molecule has 0 N–H and O–H groups in total. The Morgan fingerprint density at radius 3 is 2.83 bits per heavy atom. The number of nitrogens with zero attached hydrogens (tertiary/aromatic N) is 4. The van der Waals surface area contributed by atoms with E-state index < -0.39 is 0 Å². The van der Waals surface area contributed by atoms with Gasteiger partial charge in [0.15, 0.2) is 5.16 Å². The zero-order chi connectivity index (χ0) is 13.1. The summed E-state index contributed by atoms with van der Waals surface area (Å²) in [6, 6.07) is 0. The molecule has 0 radical (unpaired) electrons. The molecular weight excluding hydrogens is 248 g/mol. The van der Waals surface area contributed by atoms with Crippen LogP contribution in [0.25, 0.3) is 0 Å². The molecule has 1 aliphatic rings. The number of hydrogen-bond acceptors (Lipinski definition) is 4. The molecule has 0 bridgehead atoms. The Balaban J connectivity index is 2.10. The summed E-state index contributed by atoms with van der Waals surface area (Å²) in [6.45, 7) is 2.90. The minimum atomic E-state index is -0.114. The van der Waals surface area contributed by atoms with E-state index >= 15 is 0 Å². The molecule has 1 aromatic rings. The molecule has 18 heavy (non-hydrogen) atoms. The third-order valence-corrected chi connectivity index (χ3v) is 4.21. The van der Waals surface area contributed by atoms with Crippen LogP contribution >= 0.6 is 11.8 Å². The summed E-state index contributed by atoms with van der Waals surface area (Å²) < 4.78 is 2.18. The molecule has 1 aliphatic heterocycles. The fourth-order valence-electron chi connectivity index (χ4n) is 2.12. The lowest BCUT2D eigenvalue weighted by atomic mass is 10.2. The standard InChI is InChI=1S/C12H20N4OS/c1-9(11(17)15(2)3)18-12-14-13-10-7-5-4-6-8-16(10)12/h9H,4-8H2,1-3H3. The van der Waals surface area contributed by atoms with Crippen molar-refractivity contribution in [2.75, 3.05) is 14.1 Å². The highest BCUT2D eigenvalue weighted by molar-refractivity contribution is 8.00. The van der Waals surface area contributed by atoms with Crippen molar-refractivity contribution in [3.05, 3.63) is 5.82 Å². The van der Waals surface area contributed by atoms with Gasteiger partial charge in [0.05, 0.1) is 5.25 Å². The Morgan fingerprint density at radius 1 is 1.33 bits per heavy atom. The number of hydrogen-bond donors (Lipinski definition) is 0. The summed E-state index contributed by atoms with van der Waals surface area (Å²) in [5.74, 6) is 1.19. The molecule has 0 aliphatic carbocycles. The van der Waals surface area contributed by atoms with Crippen molar-refractivity contribution in [1.82, 2.24) is 19.7 Å². The third-order valence-electron chi connectivity index (χ3n) is 3.15. The molecule has 6 heteroatoms. The zero-order valence-corrected chi connectivity index (χ0v) is 12.0. The van der Waals surface area contributed by atoms with Gasteiger partial charge in [0.1, 0.15) is 5.82 Å². The maximum absolute atomic E-state index is 11.9. The Bertz CT molecular complexity index is 430. The number of thioether (sulfide) groups is 1. The van der Waals surface area contributed by atoms with Gasteiger partial charge in [-0.15, -0.1) is 10.2 Å². The van der Waals surface area contributed by atoms with E-state index in [0.717, 1.165) is 23.9 Å². The van der Waals surface area contributed by atoms with E-state index in [2.05, 4.69) is 14.8 Å². The number of carbonyl (C=O) groups excluding carboxylic acids is 1. The van der Waals surface area contributed by atoms with Gasteiger partial charge < -0.3 is 9.47 Å². The van der Waals surface area contributed by atoms with Crippen molar-refractivity contribution in [3.63, 3.8) is 0 Å². The smallest absolute Gasteiger partial charge is 0.235 e. The van der Waals surface area contributed by atoms with E-state index in [9.17, 15) is 4.79 Å². The van der Waals surface area contributed by atoms with Crippen molar-refractivity contribution in [3.8, 4) is 0 Å². The van der Waals surface area contributed by atoms with Crippen molar-refractivity contribution in [2.24, 2.45) is 0 Å². The zero-order valence-electron chi connectivity index (χ0n) is 11.2. The van der Waals surface area contributed by atoms with Crippen LogP contribution in [0.15, 0.2) is 5.16 Å². The molecule has 0 spiro atoms. The molecule has 0 saturated heterocycles. The highest BCUT2D eigenvalue weighted by Gasteiger charge is 2.21. The summed E-state index contributed by atoms with van der Waals surface area (Å²) >= 11 is 1.51. The second kappa shape index (κ2) is 5.73. The van der Waals surface area contributed by atoms with Gasteiger partial charge in [-0.05, 0) is 19.8 Å². The lowest BCUT2D eigenvalue weighted by Crippen LogP contribution is -2.29. The first-order valence-electron chi connectivity index (χ1n) is 6.39. The molecule has 2 rings (SSSR count). The van der Waals surface area contributed by atoms with Crippen LogP contribution in [-0.2, 0) is 17.8 Å². The van der Waals surface area contributed by atoms with E-state index in [1.807, 2.05) is 6.92 Å².